The molecule has 0 radical (unpaired) electrons. The van der Waals surface area contributed by atoms with Gasteiger partial charge in [-0.15, -0.1) is 0 Å². The van der Waals surface area contributed by atoms with Crippen molar-refractivity contribution in [3.8, 4) is 0 Å². The summed E-state index contributed by atoms with van der Waals surface area (Å²) in [5.41, 5.74) is 1.95. The minimum absolute atomic E-state index is 0.231. The van der Waals surface area contributed by atoms with Crippen LogP contribution in [0.3, 0.4) is 0 Å². The Balaban J connectivity index is 2.25. The van der Waals surface area contributed by atoms with Crippen LogP contribution in [0.5, 0.6) is 0 Å². The van der Waals surface area contributed by atoms with Crippen LogP contribution in [0.4, 0.5) is 4.39 Å². The van der Waals surface area contributed by atoms with Crippen LogP contribution >= 0.6 is 15.9 Å². The fraction of sp³-hybridized carbons (Fsp3) is 0.250. The van der Waals surface area contributed by atoms with E-state index >= 15 is 0 Å². The van der Waals surface area contributed by atoms with Gasteiger partial charge in [-0.2, -0.15) is 5.10 Å². The van der Waals surface area contributed by atoms with E-state index in [9.17, 15) is 4.39 Å². The number of nitrogens with one attached hydrogen (secondary N) is 1. The second-order valence-corrected chi connectivity index (χ2v) is 4.60. The van der Waals surface area contributed by atoms with Crippen molar-refractivity contribution >= 4 is 15.9 Å². The van der Waals surface area contributed by atoms with E-state index in [1.807, 2.05) is 17.8 Å². The predicted molar refractivity (Wildman–Crippen MR) is 68.2 cm³/mol. The molecule has 1 N–H and O–H groups in total. The zero-order valence-electron chi connectivity index (χ0n) is 9.45. The summed E-state index contributed by atoms with van der Waals surface area (Å²) in [7, 11) is 1.88. The predicted octanol–water partition coefficient (Wildman–Crippen LogP) is 2.55. The van der Waals surface area contributed by atoms with Gasteiger partial charge in [0.1, 0.15) is 5.82 Å². The Morgan fingerprint density at radius 1 is 1.41 bits per heavy atom. The molecule has 5 heteroatoms. The van der Waals surface area contributed by atoms with Crippen molar-refractivity contribution in [2.75, 3.05) is 7.05 Å². The quantitative estimate of drug-likeness (QED) is 0.940. The average Bonchev–Trinajstić information content (AvgIpc) is 2.72. The zero-order valence-corrected chi connectivity index (χ0v) is 11.0. The topological polar surface area (TPSA) is 29.9 Å². The Hall–Kier alpha value is -1.20. The fourth-order valence-electron chi connectivity index (χ4n) is 1.66. The molecule has 90 valence electrons. The molecule has 0 fully saturated rings. The minimum Gasteiger partial charge on any atom is -0.314 e. The van der Waals surface area contributed by atoms with Gasteiger partial charge in [-0.3, -0.25) is 4.68 Å². The van der Waals surface area contributed by atoms with Gasteiger partial charge in [0.15, 0.2) is 0 Å². The third-order valence-electron chi connectivity index (χ3n) is 2.49. The van der Waals surface area contributed by atoms with Crippen LogP contribution in [-0.4, -0.2) is 16.8 Å². The molecular formula is C12H13BrFN3. The summed E-state index contributed by atoms with van der Waals surface area (Å²) >= 11 is 3.42. The monoisotopic (exact) mass is 297 g/mol. The van der Waals surface area contributed by atoms with Crippen molar-refractivity contribution in [1.29, 1.82) is 0 Å². The maximum atomic E-state index is 13.2. The normalized spacial score (nSPS) is 10.8. The number of nitrogens with zero attached hydrogens (tertiary/aromatic N) is 2. The standard InChI is InChI=1S/C12H13BrFN3/c1-15-7-11-4-5-16-17(11)8-9-6-10(14)2-3-12(9)13/h2-6,15H,7-8H2,1H3. The van der Waals surface area contributed by atoms with Gasteiger partial charge in [0.2, 0.25) is 0 Å². The van der Waals surface area contributed by atoms with Crippen LogP contribution < -0.4 is 5.32 Å². The Morgan fingerprint density at radius 2 is 2.24 bits per heavy atom. The van der Waals surface area contributed by atoms with Gasteiger partial charge in [-0.05, 0) is 36.9 Å². The third kappa shape index (κ3) is 2.92. The second kappa shape index (κ2) is 5.42. The van der Waals surface area contributed by atoms with Crippen molar-refractivity contribution in [3.05, 3.63) is 52.0 Å². The van der Waals surface area contributed by atoms with Crippen LogP contribution in [0.2, 0.25) is 0 Å². The van der Waals surface area contributed by atoms with Crippen LogP contribution in [0.15, 0.2) is 34.9 Å². The van der Waals surface area contributed by atoms with Crippen molar-refractivity contribution in [2.24, 2.45) is 0 Å². The number of halogens is 2. The molecule has 1 heterocycles. The van der Waals surface area contributed by atoms with E-state index in [2.05, 4.69) is 26.3 Å². The molecule has 0 aliphatic heterocycles. The molecule has 0 aliphatic carbocycles. The van der Waals surface area contributed by atoms with Gasteiger partial charge in [-0.25, -0.2) is 4.39 Å². The van der Waals surface area contributed by atoms with Gasteiger partial charge in [0, 0.05) is 17.2 Å². The first-order valence-electron chi connectivity index (χ1n) is 5.30. The maximum absolute atomic E-state index is 13.2. The molecule has 0 saturated carbocycles. The average molecular weight is 298 g/mol. The molecular weight excluding hydrogens is 285 g/mol. The Labute approximate surface area is 108 Å². The Kier molecular flexibility index (Phi) is 3.91. The van der Waals surface area contributed by atoms with E-state index in [4.69, 9.17) is 0 Å². The maximum Gasteiger partial charge on any atom is 0.123 e. The molecule has 2 aromatic rings. The Bertz CT molecular complexity index is 510. The highest BCUT2D eigenvalue weighted by atomic mass is 79.9. The van der Waals surface area contributed by atoms with E-state index in [-0.39, 0.29) is 5.82 Å². The number of hydrogen-bond donors (Lipinski definition) is 1. The number of hydrogen-bond acceptors (Lipinski definition) is 2. The molecule has 0 atom stereocenters. The number of aromatic nitrogens is 2. The summed E-state index contributed by atoms with van der Waals surface area (Å²) in [5, 5.41) is 7.31. The van der Waals surface area contributed by atoms with Crippen molar-refractivity contribution in [3.63, 3.8) is 0 Å². The third-order valence-corrected chi connectivity index (χ3v) is 3.26. The first-order valence-corrected chi connectivity index (χ1v) is 6.09. The molecule has 0 aliphatic rings. The highest BCUT2D eigenvalue weighted by Crippen LogP contribution is 2.19. The van der Waals surface area contributed by atoms with Crippen LogP contribution in [0.25, 0.3) is 0 Å². The molecule has 0 spiro atoms. The Morgan fingerprint density at radius 3 is 3.00 bits per heavy atom. The second-order valence-electron chi connectivity index (χ2n) is 3.75. The number of rotatable bonds is 4. The molecule has 1 aromatic carbocycles. The largest absolute Gasteiger partial charge is 0.314 e. The molecule has 2 rings (SSSR count). The lowest BCUT2D eigenvalue weighted by Crippen LogP contribution is -2.13. The van der Waals surface area contributed by atoms with E-state index in [1.54, 1.807) is 12.3 Å². The summed E-state index contributed by atoms with van der Waals surface area (Å²) in [5.74, 6) is -0.231. The molecule has 0 bridgehead atoms. The van der Waals surface area contributed by atoms with Crippen molar-refractivity contribution in [2.45, 2.75) is 13.1 Å². The van der Waals surface area contributed by atoms with Crippen molar-refractivity contribution in [1.82, 2.24) is 15.1 Å². The summed E-state index contributed by atoms with van der Waals surface area (Å²) in [6.45, 7) is 1.30. The molecule has 1 aromatic heterocycles. The lowest BCUT2D eigenvalue weighted by atomic mass is 10.2. The van der Waals surface area contributed by atoms with Crippen molar-refractivity contribution < 1.29 is 4.39 Å². The molecule has 0 saturated heterocycles. The lowest BCUT2D eigenvalue weighted by Gasteiger charge is -2.09. The van der Waals surface area contributed by atoms with Crippen LogP contribution in [0.1, 0.15) is 11.3 Å². The smallest absolute Gasteiger partial charge is 0.123 e. The first-order chi connectivity index (χ1) is 8.20. The number of benzene rings is 1. The van der Waals surface area contributed by atoms with Crippen LogP contribution in [0, 0.1) is 5.82 Å². The van der Waals surface area contributed by atoms with Gasteiger partial charge in [0.25, 0.3) is 0 Å². The van der Waals surface area contributed by atoms with E-state index < -0.39 is 0 Å². The molecule has 0 amide bonds. The van der Waals surface area contributed by atoms with Gasteiger partial charge in [-0.1, -0.05) is 15.9 Å². The molecule has 17 heavy (non-hydrogen) atoms. The summed E-state index contributed by atoms with van der Waals surface area (Å²) < 4.78 is 15.9. The summed E-state index contributed by atoms with van der Waals surface area (Å²) in [6, 6.07) is 6.62. The van der Waals surface area contributed by atoms with Crippen LogP contribution in [-0.2, 0) is 13.1 Å². The van der Waals surface area contributed by atoms with Gasteiger partial charge in [0.05, 0.1) is 12.2 Å². The van der Waals surface area contributed by atoms with E-state index in [1.165, 1.54) is 12.1 Å². The minimum atomic E-state index is -0.231. The zero-order chi connectivity index (χ0) is 12.3. The first kappa shape index (κ1) is 12.3. The molecule has 0 unspecified atom stereocenters. The lowest BCUT2D eigenvalue weighted by molar-refractivity contribution is 0.603. The van der Waals surface area contributed by atoms with Gasteiger partial charge >= 0.3 is 0 Å². The SMILES string of the molecule is CNCc1ccnn1Cc1cc(F)ccc1Br. The highest BCUT2D eigenvalue weighted by molar-refractivity contribution is 9.10. The highest BCUT2D eigenvalue weighted by Gasteiger charge is 2.06. The van der Waals surface area contributed by atoms with Gasteiger partial charge < -0.3 is 5.32 Å². The fourth-order valence-corrected chi connectivity index (χ4v) is 2.03. The summed E-state index contributed by atoms with van der Waals surface area (Å²) in [6.07, 6.45) is 1.75. The van der Waals surface area contributed by atoms with E-state index in [0.717, 1.165) is 22.3 Å². The summed E-state index contributed by atoms with van der Waals surface area (Å²) in [4.78, 5) is 0. The van der Waals surface area contributed by atoms with E-state index in [0.29, 0.717) is 6.54 Å². The molecule has 3 nitrogen and oxygen atoms in total.